The van der Waals surface area contributed by atoms with Crippen molar-refractivity contribution < 1.29 is 0 Å². The van der Waals surface area contributed by atoms with E-state index >= 15 is 0 Å². The molecule has 4 rings (SSSR count). The molecule has 0 aliphatic rings. The quantitative estimate of drug-likeness (QED) is 0.312. The second-order valence-corrected chi connectivity index (χ2v) is 8.56. The van der Waals surface area contributed by atoms with Crippen LogP contribution in [-0.4, -0.2) is 0 Å². The lowest BCUT2D eigenvalue weighted by molar-refractivity contribution is 0.641. The van der Waals surface area contributed by atoms with E-state index in [9.17, 15) is 0 Å². The van der Waals surface area contributed by atoms with Crippen LogP contribution in [0.15, 0.2) is 97.1 Å². The smallest absolute Gasteiger partial charge is 0.0487 e. The summed E-state index contributed by atoms with van der Waals surface area (Å²) in [6.07, 6.45) is 0. The highest BCUT2D eigenvalue weighted by atomic mass is 35.5. The van der Waals surface area contributed by atoms with Gasteiger partial charge in [0.2, 0.25) is 0 Å². The Kier molecular flexibility index (Phi) is 5.50. The van der Waals surface area contributed by atoms with Crippen LogP contribution < -0.4 is 0 Å². The van der Waals surface area contributed by atoms with E-state index in [-0.39, 0.29) is 5.41 Å². The molecule has 0 atom stereocenters. The van der Waals surface area contributed by atoms with Gasteiger partial charge in [-0.1, -0.05) is 122 Å². The molecule has 0 spiro atoms. The molecule has 4 aromatic rings. The van der Waals surface area contributed by atoms with Crippen LogP contribution in [0, 0.1) is 0 Å². The number of hydrogen-bond donors (Lipinski definition) is 0. The van der Waals surface area contributed by atoms with Crippen molar-refractivity contribution >= 4 is 23.2 Å². The van der Waals surface area contributed by atoms with Gasteiger partial charge in [0.05, 0.1) is 0 Å². The van der Waals surface area contributed by atoms with Crippen LogP contribution in [0.3, 0.4) is 0 Å². The zero-order valence-corrected chi connectivity index (χ0v) is 18.0. The van der Waals surface area contributed by atoms with Crippen molar-refractivity contribution in [2.75, 3.05) is 0 Å². The van der Waals surface area contributed by atoms with Crippen molar-refractivity contribution in [1.82, 2.24) is 0 Å². The Morgan fingerprint density at radius 1 is 0.517 bits per heavy atom. The predicted molar refractivity (Wildman–Crippen MR) is 126 cm³/mol. The standard InChI is InChI=1S/C27H22Cl2/c1-27(2,21-13-15-23(25(28)17-21)19-9-5-3-6-10-19)22-14-16-24(26(29)18-22)20-11-7-4-8-12-20/h3-18H,1-2H3. The Labute approximate surface area is 182 Å². The minimum atomic E-state index is -0.224. The molecule has 0 fully saturated rings. The van der Waals surface area contributed by atoms with Gasteiger partial charge in [-0.25, -0.2) is 0 Å². The van der Waals surface area contributed by atoms with Crippen molar-refractivity contribution in [3.63, 3.8) is 0 Å². The molecule has 0 saturated carbocycles. The normalized spacial score (nSPS) is 11.4. The van der Waals surface area contributed by atoms with Gasteiger partial charge in [0.1, 0.15) is 0 Å². The summed E-state index contributed by atoms with van der Waals surface area (Å²) in [6.45, 7) is 4.41. The highest BCUT2D eigenvalue weighted by Crippen LogP contribution is 2.39. The topological polar surface area (TPSA) is 0 Å². The summed E-state index contributed by atoms with van der Waals surface area (Å²) in [4.78, 5) is 0. The fraction of sp³-hybridized carbons (Fsp3) is 0.111. The maximum atomic E-state index is 6.67. The lowest BCUT2D eigenvalue weighted by atomic mass is 9.77. The molecule has 0 amide bonds. The Hall–Kier alpha value is -2.54. The average molecular weight is 417 g/mol. The third kappa shape index (κ3) is 3.96. The van der Waals surface area contributed by atoms with Gasteiger partial charge in [0.15, 0.2) is 0 Å². The maximum absolute atomic E-state index is 6.67. The molecule has 144 valence electrons. The zero-order chi connectivity index (χ0) is 20.4. The number of hydrogen-bond acceptors (Lipinski definition) is 0. The van der Waals surface area contributed by atoms with Crippen LogP contribution in [0.5, 0.6) is 0 Å². The summed E-state index contributed by atoms with van der Waals surface area (Å²) in [6, 6.07) is 33.1. The molecule has 0 heterocycles. The molecule has 4 aromatic carbocycles. The fourth-order valence-corrected chi connectivity index (χ4v) is 4.26. The van der Waals surface area contributed by atoms with Gasteiger partial charge in [0.25, 0.3) is 0 Å². The van der Waals surface area contributed by atoms with Crippen LogP contribution in [0.4, 0.5) is 0 Å². The Balaban J connectivity index is 1.70. The van der Waals surface area contributed by atoms with Gasteiger partial charge < -0.3 is 0 Å². The zero-order valence-electron chi connectivity index (χ0n) is 16.5. The van der Waals surface area contributed by atoms with Crippen LogP contribution in [0.25, 0.3) is 22.3 Å². The number of rotatable bonds is 4. The number of halogens is 2. The third-order valence-corrected chi connectivity index (χ3v) is 6.18. The highest BCUT2D eigenvalue weighted by molar-refractivity contribution is 6.33. The van der Waals surface area contributed by atoms with E-state index in [0.717, 1.165) is 43.4 Å². The third-order valence-electron chi connectivity index (χ3n) is 5.55. The molecule has 0 saturated heterocycles. The largest absolute Gasteiger partial charge is 0.0837 e. The molecule has 2 heteroatoms. The SMILES string of the molecule is CC(C)(c1ccc(-c2ccccc2)c(Cl)c1)c1ccc(-c2ccccc2)c(Cl)c1. The van der Waals surface area contributed by atoms with Crippen LogP contribution >= 0.6 is 23.2 Å². The molecule has 0 radical (unpaired) electrons. The summed E-state index contributed by atoms with van der Waals surface area (Å²) in [7, 11) is 0. The van der Waals surface area contributed by atoms with E-state index in [4.69, 9.17) is 23.2 Å². The molecule has 0 aromatic heterocycles. The molecule has 29 heavy (non-hydrogen) atoms. The van der Waals surface area contributed by atoms with Gasteiger partial charge >= 0.3 is 0 Å². The first-order chi connectivity index (χ1) is 14.0. The van der Waals surface area contributed by atoms with E-state index < -0.39 is 0 Å². The first-order valence-corrected chi connectivity index (χ1v) is 10.4. The lowest BCUT2D eigenvalue weighted by Gasteiger charge is -2.27. The molecule has 0 aliphatic heterocycles. The first-order valence-electron chi connectivity index (χ1n) is 9.68. The van der Waals surface area contributed by atoms with Gasteiger partial charge in [-0.3, -0.25) is 0 Å². The van der Waals surface area contributed by atoms with Gasteiger partial charge in [0, 0.05) is 26.6 Å². The molecule has 0 aliphatic carbocycles. The second-order valence-electron chi connectivity index (χ2n) is 7.75. The molecular formula is C27H22Cl2. The molecule has 0 bridgehead atoms. The van der Waals surface area contributed by atoms with Crippen molar-refractivity contribution in [2.45, 2.75) is 19.3 Å². The Morgan fingerprint density at radius 3 is 1.24 bits per heavy atom. The van der Waals surface area contributed by atoms with E-state index in [0.29, 0.717) is 0 Å². The van der Waals surface area contributed by atoms with Crippen molar-refractivity contribution in [2.24, 2.45) is 0 Å². The summed E-state index contributed by atoms with van der Waals surface area (Å²) in [5, 5.41) is 1.52. The van der Waals surface area contributed by atoms with Crippen LogP contribution in [0.2, 0.25) is 10.0 Å². The minimum absolute atomic E-state index is 0.224. The lowest BCUT2D eigenvalue weighted by Crippen LogP contribution is -2.19. The van der Waals surface area contributed by atoms with Gasteiger partial charge in [-0.15, -0.1) is 0 Å². The molecular weight excluding hydrogens is 395 g/mol. The predicted octanol–water partition coefficient (Wildman–Crippen LogP) is 8.65. The maximum Gasteiger partial charge on any atom is 0.0487 e. The van der Waals surface area contributed by atoms with E-state index in [2.05, 4.69) is 74.5 Å². The second kappa shape index (κ2) is 8.06. The summed E-state index contributed by atoms with van der Waals surface area (Å²) in [5.41, 5.74) is 6.43. The van der Waals surface area contributed by atoms with E-state index in [1.54, 1.807) is 0 Å². The van der Waals surface area contributed by atoms with Crippen molar-refractivity contribution in [3.05, 3.63) is 118 Å². The summed E-state index contributed by atoms with van der Waals surface area (Å²) >= 11 is 13.3. The van der Waals surface area contributed by atoms with Gasteiger partial charge in [-0.05, 0) is 34.4 Å². The van der Waals surface area contributed by atoms with Gasteiger partial charge in [-0.2, -0.15) is 0 Å². The van der Waals surface area contributed by atoms with Crippen LogP contribution in [0.1, 0.15) is 25.0 Å². The first kappa shape index (κ1) is 19.8. The minimum Gasteiger partial charge on any atom is -0.0837 e. The fourth-order valence-electron chi connectivity index (χ4n) is 3.68. The Bertz CT molecular complexity index is 1040. The van der Waals surface area contributed by atoms with Crippen LogP contribution in [-0.2, 0) is 5.41 Å². The molecule has 0 nitrogen and oxygen atoms in total. The van der Waals surface area contributed by atoms with E-state index in [1.807, 2.05) is 36.4 Å². The molecule has 0 N–H and O–H groups in total. The van der Waals surface area contributed by atoms with Crippen molar-refractivity contribution in [3.8, 4) is 22.3 Å². The summed E-state index contributed by atoms with van der Waals surface area (Å²) < 4.78 is 0. The average Bonchev–Trinajstić information content (AvgIpc) is 2.75. The van der Waals surface area contributed by atoms with E-state index in [1.165, 1.54) is 0 Å². The summed E-state index contributed by atoms with van der Waals surface area (Å²) in [5.74, 6) is 0. The number of benzene rings is 4. The van der Waals surface area contributed by atoms with Crippen molar-refractivity contribution in [1.29, 1.82) is 0 Å². The Morgan fingerprint density at radius 2 is 0.897 bits per heavy atom. The molecule has 0 unspecified atom stereocenters. The monoisotopic (exact) mass is 416 g/mol. The highest BCUT2D eigenvalue weighted by Gasteiger charge is 2.25.